The molecule has 0 aromatic heterocycles. The number of phenols is 1. The van der Waals surface area contributed by atoms with Crippen LogP contribution < -0.4 is 0 Å². The second kappa shape index (κ2) is 7.48. The molecule has 0 aliphatic rings. The first-order valence-corrected chi connectivity index (χ1v) is 5.68. The zero-order chi connectivity index (χ0) is 14.3. The Bertz CT molecular complexity index is 432. The number of halogens is 2. The lowest BCUT2D eigenvalue weighted by Gasteiger charge is -2.19. The number of phenolic OH excluding ortho intramolecular Hbond substituents is 1. The van der Waals surface area contributed by atoms with Crippen LogP contribution in [0.4, 0.5) is 8.78 Å². The van der Waals surface area contributed by atoms with Crippen LogP contribution in [0, 0.1) is 0 Å². The summed E-state index contributed by atoms with van der Waals surface area (Å²) in [6, 6.07) is 6.08. The zero-order valence-electron chi connectivity index (χ0n) is 10.2. The van der Waals surface area contributed by atoms with E-state index in [-0.39, 0.29) is 18.9 Å². The summed E-state index contributed by atoms with van der Waals surface area (Å²) in [4.78, 5) is 12.5. The van der Waals surface area contributed by atoms with Gasteiger partial charge in [0.05, 0.1) is 13.2 Å². The molecule has 1 aromatic carbocycles. The molecule has 0 heterocycles. The van der Waals surface area contributed by atoms with Gasteiger partial charge in [-0.15, -0.1) is 0 Å². The molecule has 6 heteroatoms. The summed E-state index contributed by atoms with van der Waals surface area (Å²) >= 11 is 0. The third kappa shape index (κ3) is 5.48. The van der Waals surface area contributed by atoms with Crippen LogP contribution in [0.5, 0.6) is 5.75 Å². The number of amides is 1. The van der Waals surface area contributed by atoms with E-state index in [0.717, 1.165) is 11.0 Å². The number of nitrogens with zero attached hydrogens (tertiary/aromatic N) is 1. The Morgan fingerprint density at radius 1 is 1.32 bits per heavy atom. The van der Waals surface area contributed by atoms with Crippen molar-refractivity contribution in [3.63, 3.8) is 0 Å². The van der Waals surface area contributed by atoms with Crippen molar-refractivity contribution in [2.45, 2.75) is 6.43 Å². The van der Waals surface area contributed by atoms with Gasteiger partial charge in [-0.25, -0.2) is 8.78 Å². The fourth-order valence-electron chi connectivity index (χ4n) is 1.44. The van der Waals surface area contributed by atoms with Crippen molar-refractivity contribution in [3.8, 4) is 5.75 Å². The van der Waals surface area contributed by atoms with E-state index in [2.05, 4.69) is 0 Å². The topological polar surface area (TPSA) is 60.8 Å². The maximum atomic E-state index is 12.2. The molecule has 0 bridgehead atoms. The number of carbonyl (C=O) groups is 1. The van der Waals surface area contributed by atoms with Gasteiger partial charge in [0.15, 0.2) is 0 Å². The molecule has 104 valence electrons. The van der Waals surface area contributed by atoms with E-state index in [4.69, 9.17) is 10.2 Å². The molecule has 0 unspecified atom stereocenters. The van der Waals surface area contributed by atoms with Crippen LogP contribution in [0.25, 0.3) is 6.08 Å². The molecule has 1 rings (SSSR count). The molecular weight excluding hydrogens is 256 g/mol. The average molecular weight is 271 g/mol. The van der Waals surface area contributed by atoms with E-state index in [9.17, 15) is 13.6 Å². The van der Waals surface area contributed by atoms with Gasteiger partial charge in [-0.3, -0.25) is 4.79 Å². The van der Waals surface area contributed by atoms with Crippen LogP contribution in [-0.2, 0) is 4.79 Å². The monoisotopic (exact) mass is 271 g/mol. The van der Waals surface area contributed by atoms with Gasteiger partial charge in [-0.2, -0.15) is 0 Å². The van der Waals surface area contributed by atoms with Crippen molar-refractivity contribution in [2.24, 2.45) is 0 Å². The Balaban J connectivity index is 2.67. The summed E-state index contributed by atoms with van der Waals surface area (Å²) in [6.45, 7) is -1.21. The van der Waals surface area contributed by atoms with E-state index in [1.807, 2.05) is 0 Å². The molecule has 0 aliphatic carbocycles. The first-order valence-electron chi connectivity index (χ1n) is 5.68. The smallest absolute Gasteiger partial charge is 0.255 e. The summed E-state index contributed by atoms with van der Waals surface area (Å²) in [6.07, 6.45) is -0.0280. The van der Waals surface area contributed by atoms with Crippen LogP contribution in [0.15, 0.2) is 30.3 Å². The molecule has 0 spiro atoms. The molecule has 19 heavy (non-hydrogen) atoms. The Kier molecular flexibility index (Phi) is 5.95. The number of hydrogen-bond donors (Lipinski definition) is 2. The number of alkyl halides is 2. The van der Waals surface area contributed by atoms with Gasteiger partial charge in [-0.05, 0) is 23.8 Å². The van der Waals surface area contributed by atoms with Crippen molar-refractivity contribution in [1.29, 1.82) is 0 Å². The van der Waals surface area contributed by atoms with E-state index in [1.54, 1.807) is 12.1 Å². The van der Waals surface area contributed by atoms with E-state index in [0.29, 0.717) is 5.56 Å². The third-order valence-electron chi connectivity index (χ3n) is 2.35. The second-order valence-electron chi connectivity index (χ2n) is 3.82. The van der Waals surface area contributed by atoms with Gasteiger partial charge in [0.1, 0.15) is 5.75 Å². The van der Waals surface area contributed by atoms with Gasteiger partial charge in [0, 0.05) is 12.6 Å². The van der Waals surface area contributed by atoms with Gasteiger partial charge in [0.25, 0.3) is 6.43 Å². The summed E-state index contributed by atoms with van der Waals surface area (Å²) in [5.41, 5.74) is 0.659. The molecule has 2 N–H and O–H groups in total. The summed E-state index contributed by atoms with van der Waals surface area (Å²) < 4.78 is 24.5. The summed E-state index contributed by atoms with van der Waals surface area (Å²) in [5, 5.41) is 17.8. The number of rotatable bonds is 6. The number of benzene rings is 1. The van der Waals surface area contributed by atoms with Gasteiger partial charge in [0.2, 0.25) is 5.91 Å². The van der Waals surface area contributed by atoms with Crippen LogP contribution in [-0.4, -0.2) is 47.1 Å². The SMILES string of the molecule is O=C(/C=C/c1ccc(O)cc1)N(CCO)CC(F)F. The van der Waals surface area contributed by atoms with Gasteiger partial charge < -0.3 is 15.1 Å². The number of aromatic hydroxyl groups is 1. The number of carbonyl (C=O) groups excluding carboxylic acids is 1. The maximum Gasteiger partial charge on any atom is 0.255 e. The van der Waals surface area contributed by atoms with Crippen molar-refractivity contribution < 1.29 is 23.8 Å². The number of aliphatic hydroxyl groups is 1. The largest absolute Gasteiger partial charge is 0.508 e. The highest BCUT2D eigenvalue weighted by Gasteiger charge is 2.15. The molecule has 1 amide bonds. The maximum absolute atomic E-state index is 12.2. The lowest BCUT2D eigenvalue weighted by Crippen LogP contribution is -2.36. The van der Waals surface area contributed by atoms with Gasteiger partial charge in [-0.1, -0.05) is 12.1 Å². The predicted molar refractivity (Wildman–Crippen MR) is 66.8 cm³/mol. The Morgan fingerprint density at radius 2 is 1.95 bits per heavy atom. The van der Waals surface area contributed by atoms with E-state index in [1.165, 1.54) is 18.2 Å². The third-order valence-corrected chi connectivity index (χ3v) is 2.35. The minimum atomic E-state index is -2.64. The predicted octanol–water partition coefficient (Wildman–Crippen LogP) is 1.49. The average Bonchev–Trinajstić information content (AvgIpc) is 2.37. The second-order valence-corrected chi connectivity index (χ2v) is 3.82. The van der Waals surface area contributed by atoms with Crippen LogP contribution in [0.3, 0.4) is 0 Å². The number of hydrogen-bond acceptors (Lipinski definition) is 3. The molecule has 0 saturated carbocycles. The lowest BCUT2D eigenvalue weighted by molar-refractivity contribution is -0.128. The first kappa shape index (κ1) is 15.1. The molecule has 0 radical (unpaired) electrons. The fraction of sp³-hybridized carbons (Fsp3) is 0.308. The minimum Gasteiger partial charge on any atom is -0.508 e. The molecular formula is C13H15F2NO3. The fourth-order valence-corrected chi connectivity index (χ4v) is 1.44. The summed E-state index contributed by atoms with van der Waals surface area (Å²) in [5.74, 6) is -0.495. The number of aliphatic hydroxyl groups excluding tert-OH is 1. The molecule has 4 nitrogen and oxygen atoms in total. The van der Waals surface area contributed by atoms with Crippen molar-refractivity contribution in [2.75, 3.05) is 19.7 Å². The highest BCUT2D eigenvalue weighted by Crippen LogP contribution is 2.11. The van der Waals surface area contributed by atoms with Crippen LogP contribution in [0.2, 0.25) is 0 Å². The minimum absolute atomic E-state index is 0.100. The van der Waals surface area contributed by atoms with Crippen molar-refractivity contribution >= 4 is 12.0 Å². The highest BCUT2D eigenvalue weighted by molar-refractivity contribution is 5.91. The van der Waals surface area contributed by atoms with Gasteiger partial charge >= 0.3 is 0 Å². The Hall–Kier alpha value is -1.95. The van der Waals surface area contributed by atoms with Crippen molar-refractivity contribution in [3.05, 3.63) is 35.9 Å². The van der Waals surface area contributed by atoms with Crippen molar-refractivity contribution in [1.82, 2.24) is 4.90 Å². The molecule has 1 aromatic rings. The summed E-state index contributed by atoms with van der Waals surface area (Å²) in [7, 11) is 0. The quantitative estimate of drug-likeness (QED) is 0.771. The standard InChI is InChI=1S/C13H15F2NO3/c14-12(15)9-16(7-8-17)13(19)6-3-10-1-4-11(18)5-2-10/h1-6,12,17-18H,7-9H2/b6-3+. The van der Waals surface area contributed by atoms with E-state index < -0.39 is 18.9 Å². The molecule has 0 saturated heterocycles. The Labute approximate surface area is 109 Å². The molecule has 0 atom stereocenters. The van der Waals surface area contributed by atoms with Crippen LogP contribution >= 0.6 is 0 Å². The van der Waals surface area contributed by atoms with Crippen LogP contribution in [0.1, 0.15) is 5.56 Å². The normalized spacial score (nSPS) is 11.2. The first-order chi connectivity index (χ1) is 9.02. The zero-order valence-corrected chi connectivity index (χ0v) is 10.2. The molecule has 0 fully saturated rings. The Morgan fingerprint density at radius 3 is 2.47 bits per heavy atom. The highest BCUT2D eigenvalue weighted by atomic mass is 19.3. The van der Waals surface area contributed by atoms with E-state index >= 15 is 0 Å². The lowest BCUT2D eigenvalue weighted by atomic mass is 10.2. The molecule has 0 aliphatic heterocycles.